The Kier molecular flexibility index (Phi) is 5.44. The third kappa shape index (κ3) is 3.94. The number of ether oxygens (including phenoxy) is 3. The second kappa shape index (κ2) is 8.11. The molecule has 0 saturated carbocycles. The van der Waals surface area contributed by atoms with Gasteiger partial charge in [0.15, 0.2) is 29.9 Å². The van der Waals surface area contributed by atoms with Crippen LogP contribution in [0.3, 0.4) is 0 Å². The zero-order valence-corrected chi connectivity index (χ0v) is 14.5. The Hall–Kier alpha value is -3.71. The van der Waals surface area contributed by atoms with Gasteiger partial charge in [-0.05, 0) is 12.1 Å². The second-order valence-corrected chi connectivity index (χ2v) is 5.20. The van der Waals surface area contributed by atoms with Gasteiger partial charge in [-0.25, -0.2) is 14.4 Å². The van der Waals surface area contributed by atoms with Crippen molar-refractivity contribution >= 4 is 11.6 Å². The van der Waals surface area contributed by atoms with E-state index in [9.17, 15) is 4.39 Å². The zero-order valence-electron chi connectivity index (χ0n) is 14.5. The number of aromatic nitrogens is 4. The fourth-order valence-corrected chi connectivity index (χ4v) is 2.32. The van der Waals surface area contributed by atoms with Gasteiger partial charge >= 0.3 is 0 Å². The first kappa shape index (κ1) is 18.1. The van der Waals surface area contributed by atoms with Gasteiger partial charge in [-0.2, -0.15) is 10.4 Å². The van der Waals surface area contributed by atoms with Crippen LogP contribution in [0.5, 0.6) is 11.5 Å². The van der Waals surface area contributed by atoms with Crippen LogP contribution in [0.2, 0.25) is 0 Å². The molecule has 138 valence electrons. The number of nitrogens with one attached hydrogen (secondary N) is 2. The zero-order chi connectivity index (χ0) is 19.2. The van der Waals surface area contributed by atoms with Crippen LogP contribution in [0.25, 0.3) is 11.3 Å². The highest BCUT2D eigenvalue weighted by molar-refractivity contribution is 5.76. The lowest BCUT2D eigenvalue weighted by molar-refractivity contribution is 0.0486. The predicted molar refractivity (Wildman–Crippen MR) is 93.1 cm³/mol. The molecule has 0 saturated heterocycles. The van der Waals surface area contributed by atoms with Crippen LogP contribution in [-0.2, 0) is 4.74 Å². The second-order valence-electron chi connectivity index (χ2n) is 5.20. The van der Waals surface area contributed by atoms with Crippen LogP contribution in [0, 0.1) is 17.1 Å². The molecule has 0 aliphatic carbocycles. The number of rotatable bonds is 7. The molecule has 2 N–H and O–H groups in total. The molecule has 0 unspecified atom stereocenters. The number of nitrogens with zero attached hydrogens (tertiary/aromatic N) is 4. The van der Waals surface area contributed by atoms with E-state index in [-0.39, 0.29) is 18.2 Å². The Morgan fingerprint density at radius 1 is 1.22 bits per heavy atom. The van der Waals surface area contributed by atoms with Gasteiger partial charge in [-0.15, -0.1) is 0 Å². The molecule has 0 atom stereocenters. The van der Waals surface area contributed by atoms with Gasteiger partial charge < -0.3 is 19.5 Å². The molecule has 2 heterocycles. The van der Waals surface area contributed by atoms with E-state index in [0.29, 0.717) is 28.6 Å². The number of methoxy groups -OCH3 is 2. The van der Waals surface area contributed by atoms with Crippen molar-refractivity contribution in [1.29, 1.82) is 5.26 Å². The molecule has 27 heavy (non-hydrogen) atoms. The third-order valence-corrected chi connectivity index (χ3v) is 3.48. The standard InChI is InChI=1S/C17H15FN6O3/c1-25-9-27-17-11(18)3-4-13(26-2)16(17)12-5-14(24-23-12)22-15-8-20-10(6-19)7-21-15/h3-5,7-8H,9H2,1-2H3,(H2,21,22,23,24). The van der Waals surface area contributed by atoms with E-state index in [2.05, 4.69) is 25.5 Å². The number of hydrogen-bond donors (Lipinski definition) is 2. The molecule has 0 bridgehead atoms. The van der Waals surface area contributed by atoms with Gasteiger partial charge in [0.1, 0.15) is 17.6 Å². The van der Waals surface area contributed by atoms with Gasteiger partial charge in [-0.3, -0.25) is 5.10 Å². The van der Waals surface area contributed by atoms with Crippen LogP contribution >= 0.6 is 0 Å². The molecule has 1 aromatic carbocycles. The number of H-pyrrole nitrogens is 1. The first-order valence-electron chi connectivity index (χ1n) is 7.69. The molecule has 0 aliphatic rings. The van der Waals surface area contributed by atoms with Gasteiger partial charge in [0.05, 0.1) is 30.8 Å². The highest BCUT2D eigenvalue weighted by atomic mass is 19.1. The summed E-state index contributed by atoms with van der Waals surface area (Å²) in [4.78, 5) is 7.97. The van der Waals surface area contributed by atoms with E-state index < -0.39 is 5.82 Å². The van der Waals surface area contributed by atoms with Gasteiger partial charge in [0.2, 0.25) is 0 Å². The van der Waals surface area contributed by atoms with Crippen molar-refractivity contribution in [2.75, 3.05) is 26.3 Å². The maximum atomic E-state index is 14.3. The summed E-state index contributed by atoms with van der Waals surface area (Å²) in [5, 5.41) is 18.6. The summed E-state index contributed by atoms with van der Waals surface area (Å²) < 4.78 is 29.8. The molecule has 0 aliphatic heterocycles. The number of hydrogen-bond acceptors (Lipinski definition) is 8. The number of anilines is 2. The Bertz CT molecular complexity index is 968. The average molecular weight is 370 g/mol. The molecular formula is C17H15FN6O3. The quantitative estimate of drug-likeness (QED) is 0.609. The van der Waals surface area contributed by atoms with E-state index in [1.54, 1.807) is 6.07 Å². The summed E-state index contributed by atoms with van der Waals surface area (Å²) in [6.07, 6.45) is 2.74. The molecule has 0 radical (unpaired) electrons. The maximum absolute atomic E-state index is 14.3. The van der Waals surface area contributed by atoms with E-state index in [4.69, 9.17) is 19.5 Å². The molecule has 9 nitrogen and oxygen atoms in total. The Morgan fingerprint density at radius 2 is 2.07 bits per heavy atom. The smallest absolute Gasteiger partial charge is 0.188 e. The molecule has 0 amide bonds. The summed E-state index contributed by atoms with van der Waals surface area (Å²) in [6.45, 7) is -0.128. The normalized spacial score (nSPS) is 10.3. The average Bonchev–Trinajstić information content (AvgIpc) is 3.15. The SMILES string of the molecule is COCOc1c(F)ccc(OC)c1-c1cc(Nc2cnc(C#N)cn2)n[nH]1. The van der Waals surface area contributed by atoms with Crippen LogP contribution in [-0.4, -0.2) is 41.2 Å². The number of aromatic amines is 1. The Morgan fingerprint density at radius 3 is 2.74 bits per heavy atom. The molecule has 3 aromatic rings. The summed E-state index contributed by atoms with van der Waals surface area (Å²) in [7, 11) is 2.91. The van der Waals surface area contributed by atoms with Crippen LogP contribution in [0.1, 0.15) is 5.69 Å². The molecular weight excluding hydrogens is 355 g/mol. The molecule has 0 fully saturated rings. The minimum atomic E-state index is -0.565. The highest BCUT2D eigenvalue weighted by Gasteiger charge is 2.20. The van der Waals surface area contributed by atoms with E-state index in [0.717, 1.165) is 0 Å². The molecule has 10 heteroatoms. The maximum Gasteiger partial charge on any atom is 0.188 e. The van der Waals surface area contributed by atoms with Crippen LogP contribution < -0.4 is 14.8 Å². The predicted octanol–water partition coefficient (Wildman–Crippen LogP) is 2.61. The highest BCUT2D eigenvalue weighted by Crippen LogP contribution is 2.40. The van der Waals surface area contributed by atoms with E-state index in [1.807, 2.05) is 6.07 Å². The largest absolute Gasteiger partial charge is 0.496 e. The van der Waals surface area contributed by atoms with Crippen molar-refractivity contribution < 1.29 is 18.6 Å². The molecule has 3 rings (SSSR count). The lowest BCUT2D eigenvalue weighted by Gasteiger charge is -2.14. The van der Waals surface area contributed by atoms with Crippen molar-refractivity contribution in [3.05, 3.63) is 42.1 Å². The minimum Gasteiger partial charge on any atom is -0.496 e. The first-order valence-corrected chi connectivity index (χ1v) is 7.69. The van der Waals surface area contributed by atoms with Gasteiger partial charge in [0, 0.05) is 13.2 Å². The van der Waals surface area contributed by atoms with Crippen LogP contribution in [0.4, 0.5) is 16.0 Å². The summed E-state index contributed by atoms with van der Waals surface area (Å²) in [6, 6.07) is 6.26. The first-order chi connectivity index (χ1) is 13.2. The fraction of sp³-hybridized carbons (Fsp3) is 0.176. The number of halogens is 1. The number of benzene rings is 1. The lowest BCUT2D eigenvalue weighted by atomic mass is 10.1. The topological polar surface area (TPSA) is 118 Å². The Balaban J connectivity index is 1.93. The van der Waals surface area contributed by atoms with Crippen molar-refractivity contribution in [1.82, 2.24) is 20.2 Å². The summed E-state index contributed by atoms with van der Waals surface area (Å²) >= 11 is 0. The fourth-order valence-electron chi connectivity index (χ4n) is 2.32. The van der Waals surface area contributed by atoms with Crippen molar-refractivity contribution in [3.8, 4) is 28.8 Å². The van der Waals surface area contributed by atoms with Gasteiger partial charge in [0.25, 0.3) is 0 Å². The molecule has 0 spiro atoms. The van der Waals surface area contributed by atoms with E-state index in [1.165, 1.54) is 38.7 Å². The summed E-state index contributed by atoms with van der Waals surface area (Å²) in [5.74, 6) is 0.618. The third-order valence-electron chi connectivity index (χ3n) is 3.48. The molecule has 2 aromatic heterocycles. The van der Waals surface area contributed by atoms with Crippen molar-refractivity contribution in [2.24, 2.45) is 0 Å². The number of nitriles is 1. The van der Waals surface area contributed by atoms with E-state index >= 15 is 0 Å². The van der Waals surface area contributed by atoms with Crippen molar-refractivity contribution in [2.45, 2.75) is 0 Å². The lowest BCUT2D eigenvalue weighted by Crippen LogP contribution is -2.03. The van der Waals surface area contributed by atoms with Crippen LogP contribution in [0.15, 0.2) is 30.6 Å². The minimum absolute atomic E-state index is 0.0236. The van der Waals surface area contributed by atoms with Gasteiger partial charge in [-0.1, -0.05) is 0 Å². The Labute approximate surface area is 153 Å². The van der Waals surface area contributed by atoms with Crippen molar-refractivity contribution in [3.63, 3.8) is 0 Å². The monoisotopic (exact) mass is 370 g/mol. The summed E-state index contributed by atoms with van der Waals surface area (Å²) in [5.41, 5.74) is 1.02.